The van der Waals surface area contributed by atoms with Gasteiger partial charge in [0, 0.05) is 44.9 Å². The van der Waals surface area contributed by atoms with E-state index in [0.29, 0.717) is 0 Å². The van der Waals surface area contributed by atoms with Crippen molar-refractivity contribution in [2.75, 3.05) is 0 Å². The third kappa shape index (κ3) is 3.89. The maximum absolute atomic E-state index is 4.80. The van der Waals surface area contributed by atoms with E-state index in [4.69, 9.17) is 20.4 Å². The van der Waals surface area contributed by atoms with E-state index in [0.717, 1.165) is 64.6 Å². The van der Waals surface area contributed by atoms with Crippen LogP contribution in [0.2, 0.25) is 0 Å². The molecule has 0 spiro atoms. The average molecular weight is 624 g/mol. The van der Waals surface area contributed by atoms with Gasteiger partial charge in [-0.25, -0.2) is 0 Å². The fraction of sp³-hybridized carbons (Fsp3) is 0. The Bertz CT molecular complexity index is 1790. The smallest absolute Gasteiger partial charge is 0.128 e. The standard InChI is InChI=1S/C28H16Br2N8/c29-23-7-5-21(25-27(23)35-37(33-25)19-9-13-31-14-10-19)17-1-2-18(4-3-17)22-6-8-24(30)28-26(22)34-38(36-28)20-11-15-32-16-12-20/h1-16H. The Morgan fingerprint density at radius 1 is 0.421 bits per heavy atom. The van der Waals surface area contributed by atoms with E-state index in [2.05, 4.69) is 78.2 Å². The third-order valence-corrected chi connectivity index (χ3v) is 7.56. The average Bonchev–Trinajstić information content (AvgIpc) is 3.62. The molecule has 10 heteroatoms. The van der Waals surface area contributed by atoms with Gasteiger partial charge in [-0.2, -0.15) is 9.59 Å². The van der Waals surface area contributed by atoms with E-state index in [1.54, 1.807) is 34.4 Å². The Morgan fingerprint density at radius 3 is 1.18 bits per heavy atom. The lowest BCUT2D eigenvalue weighted by atomic mass is 9.99. The number of hydrogen-bond acceptors (Lipinski definition) is 6. The first kappa shape index (κ1) is 22.9. The summed E-state index contributed by atoms with van der Waals surface area (Å²) < 4.78 is 1.78. The molecule has 3 aromatic carbocycles. The number of fused-ring (bicyclic) bond motifs is 2. The molecule has 0 radical (unpaired) electrons. The summed E-state index contributed by atoms with van der Waals surface area (Å²) in [5.41, 5.74) is 9.01. The van der Waals surface area contributed by atoms with Crippen LogP contribution in [0.5, 0.6) is 0 Å². The largest absolute Gasteiger partial charge is 0.265 e. The maximum atomic E-state index is 4.80. The predicted molar refractivity (Wildman–Crippen MR) is 153 cm³/mol. The number of halogens is 2. The van der Waals surface area contributed by atoms with Crippen LogP contribution in [0.1, 0.15) is 0 Å². The third-order valence-electron chi connectivity index (χ3n) is 6.28. The van der Waals surface area contributed by atoms with Crippen LogP contribution in [0.15, 0.2) is 107 Å². The normalized spacial score (nSPS) is 11.4. The zero-order chi connectivity index (χ0) is 25.6. The highest BCUT2D eigenvalue weighted by Gasteiger charge is 2.16. The van der Waals surface area contributed by atoms with E-state index < -0.39 is 0 Å². The number of pyridine rings is 2. The minimum atomic E-state index is 0.797. The van der Waals surface area contributed by atoms with Gasteiger partial charge in [-0.05, 0) is 79.4 Å². The minimum Gasteiger partial charge on any atom is -0.265 e. The van der Waals surface area contributed by atoms with Crippen LogP contribution in [0, 0.1) is 0 Å². The van der Waals surface area contributed by atoms with Crippen molar-refractivity contribution in [2.45, 2.75) is 0 Å². The molecular formula is C28H16Br2N8. The highest BCUT2D eigenvalue weighted by molar-refractivity contribution is 9.11. The Kier molecular flexibility index (Phi) is 5.56. The van der Waals surface area contributed by atoms with Crippen molar-refractivity contribution < 1.29 is 0 Å². The Balaban J connectivity index is 1.31. The molecule has 0 fully saturated rings. The van der Waals surface area contributed by atoms with Crippen molar-refractivity contribution in [3.8, 4) is 33.6 Å². The van der Waals surface area contributed by atoms with Gasteiger partial charge in [-0.3, -0.25) is 9.97 Å². The second-order valence-corrected chi connectivity index (χ2v) is 10.3. The van der Waals surface area contributed by atoms with Crippen LogP contribution in [0.3, 0.4) is 0 Å². The molecule has 0 N–H and O–H groups in total. The summed E-state index contributed by atoms with van der Waals surface area (Å²) >= 11 is 7.26. The highest BCUT2D eigenvalue weighted by atomic mass is 79.9. The van der Waals surface area contributed by atoms with Gasteiger partial charge in [0.15, 0.2) is 0 Å². The lowest BCUT2D eigenvalue weighted by molar-refractivity contribution is 0.764. The van der Waals surface area contributed by atoms with Crippen molar-refractivity contribution in [2.24, 2.45) is 0 Å². The number of benzene rings is 3. The molecule has 0 aliphatic rings. The van der Waals surface area contributed by atoms with Gasteiger partial charge >= 0.3 is 0 Å². The summed E-state index contributed by atoms with van der Waals surface area (Å²) in [7, 11) is 0. The molecule has 38 heavy (non-hydrogen) atoms. The first-order chi connectivity index (χ1) is 18.7. The van der Waals surface area contributed by atoms with Crippen LogP contribution < -0.4 is 0 Å². The van der Waals surface area contributed by atoms with Crippen LogP contribution in [-0.2, 0) is 0 Å². The number of hydrogen-bond donors (Lipinski definition) is 0. The molecule has 0 aliphatic carbocycles. The fourth-order valence-corrected chi connectivity index (χ4v) is 5.21. The van der Waals surface area contributed by atoms with E-state index in [1.165, 1.54) is 0 Å². The van der Waals surface area contributed by atoms with Crippen LogP contribution >= 0.6 is 31.9 Å². The van der Waals surface area contributed by atoms with Crippen molar-refractivity contribution in [1.29, 1.82) is 0 Å². The summed E-state index contributed by atoms with van der Waals surface area (Å²) in [6.07, 6.45) is 6.92. The molecule has 0 saturated heterocycles. The Hall–Kier alpha value is -4.28. The van der Waals surface area contributed by atoms with Crippen molar-refractivity contribution in [3.63, 3.8) is 0 Å². The van der Waals surface area contributed by atoms with E-state index in [-0.39, 0.29) is 0 Å². The minimum absolute atomic E-state index is 0.797. The second-order valence-electron chi connectivity index (χ2n) is 8.55. The summed E-state index contributed by atoms with van der Waals surface area (Å²) in [4.78, 5) is 11.5. The molecule has 8 nitrogen and oxygen atoms in total. The van der Waals surface area contributed by atoms with Crippen molar-refractivity contribution in [1.82, 2.24) is 40.0 Å². The fourth-order valence-electron chi connectivity index (χ4n) is 4.41. The summed E-state index contributed by atoms with van der Waals surface area (Å²) in [5, 5.41) is 19.0. The zero-order valence-electron chi connectivity index (χ0n) is 19.6. The van der Waals surface area contributed by atoms with E-state index in [1.807, 2.05) is 36.4 Å². The molecule has 4 aromatic heterocycles. The van der Waals surface area contributed by atoms with Gasteiger partial charge in [0.25, 0.3) is 0 Å². The summed E-state index contributed by atoms with van der Waals surface area (Å²) in [6, 6.07) is 24.1. The number of nitrogens with zero attached hydrogens (tertiary/aromatic N) is 8. The van der Waals surface area contributed by atoms with E-state index in [9.17, 15) is 0 Å². The molecular weight excluding hydrogens is 608 g/mol. The second kappa shape index (κ2) is 9.23. The Morgan fingerprint density at radius 2 is 0.789 bits per heavy atom. The van der Waals surface area contributed by atoms with Crippen molar-refractivity contribution >= 4 is 53.9 Å². The molecule has 0 aliphatic heterocycles. The topological polar surface area (TPSA) is 87.2 Å². The van der Waals surface area contributed by atoms with Gasteiger partial charge in [0.2, 0.25) is 0 Å². The Labute approximate surface area is 233 Å². The molecule has 182 valence electrons. The van der Waals surface area contributed by atoms with Crippen LogP contribution in [0.4, 0.5) is 0 Å². The first-order valence-electron chi connectivity index (χ1n) is 11.7. The molecule has 0 atom stereocenters. The zero-order valence-corrected chi connectivity index (χ0v) is 22.7. The number of aromatic nitrogens is 8. The maximum Gasteiger partial charge on any atom is 0.128 e. The van der Waals surface area contributed by atoms with Gasteiger partial charge < -0.3 is 0 Å². The monoisotopic (exact) mass is 622 g/mol. The van der Waals surface area contributed by atoms with Crippen molar-refractivity contribution in [3.05, 3.63) is 107 Å². The molecule has 7 aromatic rings. The van der Waals surface area contributed by atoms with Gasteiger partial charge in [0.1, 0.15) is 22.1 Å². The van der Waals surface area contributed by atoms with Gasteiger partial charge in [-0.15, -0.1) is 20.4 Å². The molecule has 0 bridgehead atoms. The van der Waals surface area contributed by atoms with Crippen LogP contribution in [0.25, 0.3) is 55.7 Å². The van der Waals surface area contributed by atoms with Crippen LogP contribution in [-0.4, -0.2) is 40.0 Å². The molecule has 0 saturated carbocycles. The molecule has 4 heterocycles. The number of rotatable bonds is 4. The molecule has 7 rings (SSSR count). The first-order valence-corrected chi connectivity index (χ1v) is 13.3. The summed E-state index contributed by atoms with van der Waals surface area (Å²) in [5.74, 6) is 0. The molecule has 0 unspecified atom stereocenters. The molecule has 0 amide bonds. The van der Waals surface area contributed by atoms with Gasteiger partial charge in [0.05, 0.1) is 11.4 Å². The highest BCUT2D eigenvalue weighted by Crippen LogP contribution is 2.35. The van der Waals surface area contributed by atoms with Gasteiger partial charge in [-0.1, -0.05) is 36.4 Å². The predicted octanol–water partition coefficient (Wildman–Crippen LogP) is 6.80. The van der Waals surface area contributed by atoms with E-state index >= 15 is 0 Å². The summed E-state index contributed by atoms with van der Waals surface area (Å²) in [6.45, 7) is 0. The lowest BCUT2D eigenvalue weighted by Crippen LogP contribution is -1.98. The SMILES string of the molecule is Brc1ccc(-c2ccc(-c3ccc(Br)c4nn(-c5ccncc5)nc34)cc2)c2nn(-c3ccncc3)nc12. The lowest BCUT2D eigenvalue weighted by Gasteiger charge is -2.07. The quantitative estimate of drug-likeness (QED) is 0.214.